The van der Waals surface area contributed by atoms with Gasteiger partial charge in [0.2, 0.25) is 11.8 Å². The molecule has 0 fully saturated rings. The first-order chi connectivity index (χ1) is 14.6. The number of rotatable bonds is 9. The van der Waals surface area contributed by atoms with E-state index in [1.807, 2.05) is 79.1 Å². The maximum Gasteiger partial charge on any atom is 0.230 e. The van der Waals surface area contributed by atoms with Crippen molar-refractivity contribution in [3.05, 3.63) is 60.7 Å². The molecule has 2 amide bonds. The summed E-state index contributed by atoms with van der Waals surface area (Å²) in [7, 11) is 0. The Labute approximate surface area is 180 Å². The number of carbonyl (C=O) groups is 2. The summed E-state index contributed by atoms with van der Waals surface area (Å²) in [5.74, 6) is 0.712. The molecule has 3 aromatic rings. The van der Waals surface area contributed by atoms with Gasteiger partial charge in [-0.25, -0.2) is 0 Å². The van der Waals surface area contributed by atoms with Crippen molar-refractivity contribution in [1.82, 2.24) is 25.4 Å². The van der Waals surface area contributed by atoms with Crippen LogP contribution in [-0.2, 0) is 9.59 Å². The van der Waals surface area contributed by atoms with E-state index in [0.29, 0.717) is 18.2 Å². The van der Waals surface area contributed by atoms with E-state index in [0.717, 1.165) is 17.1 Å². The molecule has 0 radical (unpaired) electrons. The first-order valence-electron chi connectivity index (χ1n) is 9.79. The van der Waals surface area contributed by atoms with Crippen LogP contribution in [0, 0.1) is 5.92 Å². The molecule has 30 heavy (non-hydrogen) atoms. The van der Waals surface area contributed by atoms with Gasteiger partial charge in [-0.1, -0.05) is 74.1 Å². The van der Waals surface area contributed by atoms with E-state index in [2.05, 4.69) is 20.8 Å². The van der Waals surface area contributed by atoms with Crippen molar-refractivity contribution < 1.29 is 9.59 Å². The summed E-state index contributed by atoms with van der Waals surface area (Å²) in [5, 5.41) is 14.9. The Bertz CT molecular complexity index is 974. The topological polar surface area (TPSA) is 88.9 Å². The minimum atomic E-state index is -0.123. The SMILES string of the molecule is CC(C)C(=O)NCCNC(=O)CSc1nnc(-c2ccccc2)n1-c1ccccc1. The van der Waals surface area contributed by atoms with Gasteiger partial charge in [0.1, 0.15) is 0 Å². The number of nitrogens with one attached hydrogen (secondary N) is 2. The first kappa shape index (κ1) is 21.6. The summed E-state index contributed by atoms with van der Waals surface area (Å²) in [6, 6.07) is 19.7. The molecule has 7 nitrogen and oxygen atoms in total. The first-order valence-corrected chi connectivity index (χ1v) is 10.8. The van der Waals surface area contributed by atoms with Crippen molar-refractivity contribution >= 4 is 23.6 Å². The molecule has 0 atom stereocenters. The average Bonchev–Trinajstić information content (AvgIpc) is 3.20. The average molecular weight is 424 g/mol. The fourth-order valence-corrected chi connectivity index (χ4v) is 3.50. The van der Waals surface area contributed by atoms with Crippen molar-refractivity contribution in [1.29, 1.82) is 0 Å². The summed E-state index contributed by atoms with van der Waals surface area (Å²) in [6.07, 6.45) is 0. The van der Waals surface area contributed by atoms with Gasteiger partial charge in [0.25, 0.3) is 0 Å². The van der Waals surface area contributed by atoms with Crippen molar-refractivity contribution in [2.75, 3.05) is 18.8 Å². The van der Waals surface area contributed by atoms with Crippen LogP contribution >= 0.6 is 11.8 Å². The zero-order valence-corrected chi connectivity index (χ0v) is 17.9. The number of hydrogen-bond acceptors (Lipinski definition) is 5. The predicted molar refractivity (Wildman–Crippen MR) is 118 cm³/mol. The van der Waals surface area contributed by atoms with E-state index in [-0.39, 0.29) is 23.5 Å². The molecule has 2 aromatic carbocycles. The summed E-state index contributed by atoms with van der Waals surface area (Å²) < 4.78 is 1.95. The van der Waals surface area contributed by atoms with E-state index in [1.54, 1.807) is 0 Å². The maximum absolute atomic E-state index is 12.2. The third-order valence-electron chi connectivity index (χ3n) is 4.28. The standard InChI is InChI=1S/C22H25N5O2S/c1-16(2)21(29)24-14-13-23-19(28)15-30-22-26-25-20(17-9-5-3-6-10-17)27(22)18-11-7-4-8-12-18/h3-12,16H,13-15H2,1-2H3,(H,23,28)(H,24,29). The fraction of sp³-hybridized carbons (Fsp3) is 0.273. The molecule has 0 spiro atoms. The van der Waals surface area contributed by atoms with Gasteiger partial charge < -0.3 is 10.6 Å². The molecule has 3 rings (SSSR count). The van der Waals surface area contributed by atoms with Gasteiger partial charge in [-0.2, -0.15) is 0 Å². The number of para-hydroxylation sites is 1. The Hall–Kier alpha value is -3.13. The Morgan fingerprint density at radius 2 is 1.57 bits per heavy atom. The van der Waals surface area contributed by atoms with Gasteiger partial charge in [-0.15, -0.1) is 10.2 Å². The second kappa shape index (κ2) is 10.6. The van der Waals surface area contributed by atoms with Gasteiger partial charge in [-0.3, -0.25) is 14.2 Å². The number of carbonyl (C=O) groups excluding carboxylic acids is 2. The lowest BCUT2D eigenvalue weighted by molar-refractivity contribution is -0.124. The second-order valence-corrected chi connectivity index (χ2v) is 7.87. The summed E-state index contributed by atoms with van der Waals surface area (Å²) in [4.78, 5) is 23.8. The van der Waals surface area contributed by atoms with Gasteiger partial charge in [0.05, 0.1) is 5.75 Å². The lowest BCUT2D eigenvalue weighted by atomic mass is 10.2. The number of aromatic nitrogens is 3. The summed E-state index contributed by atoms with van der Waals surface area (Å²) >= 11 is 1.32. The highest BCUT2D eigenvalue weighted by molar-refractivity contribution is 7.99. The molecule has 1 heterocycles. The quantitative estimate of drug-likeness (QED) is 0.408. The van der Waals surface area contributed by atoms with Crippen LogP contribution in [0.4, 0.5) is 0 Å². The lowest BCUT2D eigenvalue weighted by Gasteiger charge is -2.11. The lowest BCUT2D eigenvalue weighted by Crippen LogP contribution is -2.37. The predicted octanol–water partition coefficient (Wildman–Crippen LogP) is 2.91. The zero-order valence-electron chi connectivity index (χ0n) is 17.0. The molecule has 0 aliphatic heterocycles. The van der Waals surface area contributed by atoms with Gasteiger partial charge in [0, 0.05) is 30.3 Å². The Morgan fingerprint density at radius 1 is 0.933 bits per heavy atom. The molecule has 0 unspecified atom stereocenters. The van der Waals surface area contributed by atoms with Crippen LogP contribution < -0.4 is 10.6 Å². The smallest absolute Gasteiger partial charge is 0.230 e. The monoisotopic (exact) mass is 423 g/mol. The third-order valence-corrected chi connectivity index (χ3v) is 5.21. The zero-order chi connectivity index (χ0) is 21.3. The maximum atomic E-state index is 12.2. The highest BCUT2D eigenvalue weighted by atomic mass is 32.2. The fourth-order valence-electron chi connectivity index (χ4n) is 2.72. The number of benzene rings is 2. The normalized spacial score (nSPS) is 10.8. The molecule has 0 saturated heterocycles. The van der Waals surface area contributed by atoms with Crippen molar-refractivity contribution in [3.63, 3.8) is 0 Å². The van der Waals surface area contributed by atoms with Gasteiger partial charge >= 0.3 is 0 Å². The molecular formula is C22H25N5O2S. The Balaban J connectivity index is 1.66. The number of amides is 2. The summed E-state index contributed by atoms with van der Waals surface area (Å²) in [6.45, 7) is 4.46. The molecule has 0 saturated carbocycles. The number of nitrogens with zero attached hydrogens (tertiary/aromatic N) is 3. The van der Waals surface area contributed by atoms with Gasteiger partial charge in [-0.05, 0) is 12.1 Å². The number of hydrogen-bond donors (Lipinski definition) is 2. The largest absolute Gasteiger partial charge is 0.354 e. The molecule has 0 aliphatic carbocycles. The van der Waals surface area contributed by atoms with Crippen molar-refractivity contribution in [2.45, 2.75) is 19.0 Å². The highest BCUT2D eigenvalue weighted by Gasteiger charge is 2.17. The number of thioether (sulfide) groups is 1. The van der Waals surface area contributed by atoms with Crippen molar-refractivity contribution in [2.24, 2.45) is 5.92 Å². The van der Waals surface area contributed by atoms with Crippen LogP contribution in [0.1, 0.15) is 13.8 Å². The minimum Gasteiger partial charge on any atom is -0.354 e. The van der Waals surface area contributed by atoms with E-state index < -0.39 is 0 Å². The molecule has 0 bridgehead atoms. The molecular weight excluding hydrogens is 398 g/mol. The Morgan fingerprint density at radius 3 is 2.23 bits per heavy atom. The van der Waals surface area contributed by atoms with Crippen LogP contribution in [0.15, 0.2) is 65.8 Å². The highest BCUT2D eigenvalue weighted by Crippen LogP contribution is 2.27. The molecule has 1 aromatic heterocycles. The van der Waals surface area contributed by atoms with E-state index >= 15 is 0 Å². The second-order valence-electron chi connectivity index (χ2n) is 6.93. The Kier molecular flexibility index (Phi) is 7.62. The molecule has 0 aliphatic rings. The molecule has 2 N–H and O–H groups in total. The van der Waals surface area contributed by atoms with Crippen LogP contribution in [0.25, 0.3) is 17.1 Å². The van der Waals surface area contributed by atoms with Crippen LogP contribution in [0.2, 0.25) is 0 Å². The van der Waals surface area contributed by atoms with E-state index in [1.165, 1.54) is 11.8 Å². The van der Waals surface area contributed by atoms with E-state index in [9.17, 15) is 9.59 Å². The molecule has 156 valence electrons. The third kappa shape index (κ3) is 5.70. The minimum absolute atomic E-state index is 0.0250. The van der Waals surface area contributed by atoms with Crippen LogP contribution in [0.3, 0.4) is 0 Å². The van der Waals surface area contributed by atoms with Crippen molar-refractivity contribution in [3.8, 4) is 17.1 Å². The summed E-state index contributed by atoms with van der Waals surface area (Å²) in [5.41, 5.74) is 1.88. The van der Waals surface area contributed by atoms with Gasteiger partial charge in [0.15, 0.2) is 11.0 Å². The van der Waals surface area contributed by atoms with E-state index in [4.69, 9.17) is 0 Å². The van der Waals surface area contributed by atoms with Crippen LogP contribution in [0.5, 0.6) is 0 Å². The van der Waals surface area contributed by atoms with Crippen LogP contribution in [-0.4, -0.2) is 45.4 Å². The molecule has 8 heteroatoms.